The molecule has 6 heteroatoms. The van der Waals surface area contributed by atoms with E-state index in [0.29, 0.717) is 19.5 Å². The van der Waals surface area contributed by atoms with Gasteiger partial charge in [-0.25, -0.2) is 4.39 Å². The highest BCUT2D eigenvalue weighted by molar-refractivity contribution is 5.94. The lowest BCUT2D eigenvalue weighted by Crippen LogP contribution is -2.36. The molecule has 1 heterocycles. The van der Waals surface area contributed by atoms with E-state index in [9.17, 15) is 14.0 Å². The number of pyridine rings is 1. The number of ether oxygens (including phenoxy) is 1. The Bertz CT molecular complexity index is 1120. The van der Waals surface area contributed by atoms with Gasteiger partial charge < -0.3 is 14.6 Å². The third kappa shape index (κ3) is 4.85. The maximum absolute atomic E-state index is 13.4. The molecular weight excluding hydrogens is 395 g/mol. The number of carbonyl (C=O) groups is 1. The standard InChI is InChI=1S/C25H25FN2O3/c1-31-21-11-7-17(8-12-21)13-14-28(16-18-5-9-20(26)10-6-18)25(30)22-15-19-3-2-4-23(19)27-24(22)29/h5-12,15H,2-4,13-14,16H2,1H3,(H,27,29). The van der Waals surface area contributed by atoms with Gasteiger partial charge in [-0.05, 0) is 72.7 Å². The van der Waals surface area contributed by atoms with Crippen LogP contribution >= 0.6 is 0 Å². The lowest BCUT2D eigenvalue weighted by atomic mass is 10.1. The first-order valence-electron chi connectivity index (χ1n) is 10.4. The van der Waals surface area contributed by atoms with E-state index in [4.69, 9.17) is 4.74 Å². The third-order valence-electron chi connectivity index (χ3n) is 5.72. The summed E-state index contributed by atoms with van der Waals surface area (Å²) < 4.78 is 18.5. The van der Waals surface area contributed by atoms with Crippen LogP contribution in [0.2, 0.25) is 0 Å². The number of rotatable bonds is 7. The number of amides is 1. The van der Waals surface area contributed by atoms with Gasteiger partial charge in [-0.3, -0.25) is 9.59 Å². The van der Waals surface area contributed by atoms with E-state index in [0.717, 1.165) is 47.4 Å². The molecule has 3 aromatic rings. The quantitative estimate of drug-likeness (QED) is 0.631. The summed E-state index contributed by atoms with van der Waals surface area (Å²) in [5.74, 6) is 0.136. The maximum atomic E-state index is 13.4. The maximum Gasteiger partial charge on any atom is 0.261 e. The first kappa shape index (κ1) is 20.8. The molecule has 0 spiro atoms. The van der Waals surface area contributed by atoms with Gasteiger partial charge in [0, 0.05) is 18.8 Å². The molecule has 4 rings (SSSR count). The number of carbonyl (C=O) groups excluding carboxylic acids is 1. The molecule has 1 N–H and O–H groups in total. The number of fused-ring (bicyclic) bond motifs is 1. The van der Waals surface area contributed by atoms with Crippen molar-refractivity contribution >= 4 is 5.91 Å². The largest absolute Gasteiger partial charge is 0.497 e. The highest BCUT2D eigenvalue weighted by Gasteiger charge is 2.22. The van der Waals surface area contributed by atoms with Crippen LogP contribution in [-0.4, -0.2) is 29.4 Å². The van der Waals surface area contributed by atoms with Gasteiger partial charge in [-0.15, -0.1) is 0 Å². The highest BCUT2D eigenvalue weighted by Crippen LogP contribution is 2.20. The molecule has 0 saturated heterocycles. The van der Waals surface area contributed by atoms with Crippen LogP contribution in [0.5, 0.6) is 5.75 Å². The van der Waals surface area contributed by atoms with Crippen LogP contribution in [0.25, 0.3) is 0 Å². The van der Waals surface area contributed by atoms with E-state index in [1.54, 1.807) is 30.2 Å². The Morgan fingerprint density at radius 2 is 1.77 bits per heavy atom. The zero-order chi connectivity index (χ0) is 21.8. The Balaban J connectivity index is 1.58. The van der Waals surface area contributed by atoms with Crippen LogP contribution in [0.1, 0.15) is 39.2 Å². The van der Waals surface area contributed by atoms with Crippen molar-refractivity contribution in [3.05, 3.63) is 98.7 Å². The molecule has 1 aromatic heterocycles. The Labute approximate surface area is 180 Å². The van der Waals surface area contributed by atoms with Gasteiger partial charge in [0.1, 0.15) is 17.1 Å². The Hall–Kier alpha value is -3.41. The van der Waals surface area contributed by atoms with E-state index < -0.39 is 0 Å². The fraction of sp³-hybridized carbons (Fsp3) is 0.280. The van der Waals surface area contributed by atoms with Gasteiger partial charge in [-0.1, -0.05) is 24.3 Å². The van der Waals surface area contributed by atoms with Gasteiger partial charge in [0.05, 0.1) is 7.11 Å². The summed E-state index contributed by atoms with van der Waals surface area (Å²) >= 11 is 0. The summed E-state index contributed by atoms with van der Waals surface area (Å²) in [6.07, 6.45) is 3.32. The molecule has 0 bridgehead atoms. The van der Waals surface area contributed by atoms with Gasteiger partial charge in [0.25, 0.3) is 11.5 Å². The number of aromatic nitrogens is 1. The number of hydrogen-bond acceptors (Lipinski definition) is 3. The van der Waals surface area contributed by atoms with Crippen molar-refractivity contribution < 1.29 is 13.9 Å². The Kier molecular flexibility index (Phi) is 6.16. The van der Waals surface area contributed by atoms with Crippen molar-refractivity contribution in [1.29, 1.82) is 0 Å². The molecule has 1 amide bonds. The van der Waals surface area contributed by atoms with Crippen molar-refractivity contribution in [2.24, 2.45) is 0 Å². The molecule has 2 aromatic carbocycles. The summed E-state index contributed by atoms with van der Waals surface area (Å²) in [4.78, 5) is 30.5. The fourth-order valence-electron chi connectivity index (χ4n) is 3.96. The average Bonchev–Trinajstić information content (AvgIpc) is 3.24. The second kappa shape index (κ2) is 9.16. The molecule has 31 heavy (non-hydrogen) atoms. The first-order chi connectivity index (χ1) is 15.0. The predicted octanol–water partition coefficient (Wildman–Crippen LogP) is 3.90. The topological polar surface area (TPSA) is 62.4 Å². The number of nitrogens with one attached hydrogen (secondary N) is 1. The molecular formula is C25H25FN2O3. The molecule has 0 radical (unpaired) electrons. The molecule has 160 valence electrons. The number of hydrogen-bond donors (Lipinski definition) is 1. The monoisotopic (exact) mass is 420 g/mol. The van der Waals surface area contributed by atoms with Crippen molar-refractivity contribution in [2.75, 3.05) is 13.7 Å². The summed E-state index contributed by atoms with van der Waals surface area (Å²) in [7, 11) is 1.62. The minimum absolute atomic E-state index is 0.164. The Morgan fingerprint density at radius 3 is 2.48 bits per heavy atom. The van der Waals surface area contributed by atoms with E-state index in [1.165, 1.54) is 12.1 Å². The first-order valence-corrected chi connectivity index (χ1v) is 10.4. The molecule has 1 aliphatic rings. The molecule has 0 saturated carbocycles. The lowest BCUT2D eigenvalue weighted by Gasteiger charge is -2.23. The molecule has 5 nitrogen and oxygen atoms in total. The summed E-state index contributed by atoms with van der Waals surface area (Å²) in [6, 6.07) is 15.5. The van der Waals surface area contributed by atoms with Crippen molar-refractivity contribution in [3.63, 3.8) is 0 Å². The third-order valence-corrected chi connectivity index (χ3v) is 5.72. The second-order valence-corrected chi connectivity index (χ2v) is 7.82. The van der Waals surface area contributed by atoms with Gasteiger partial charge in [0.15, 0.2) is 0 Å². The van der Waals surface area contributed by atoms with Gasteiger partial charge in [-0.2, -0.15) is 0 Å². The SMILES string of the molecule is COc1ccc(CCN(Cc2ccc(F)cc2)C(=O)c2cc3c([nH]c2=O)CCC3)cc1. The predicted molar refractivity (Wildman–Crippen MR) is 117 cm³/mol. The van der Waals surface area contributed by atoms with Crippen LogP contribution in [0.3, 0.4) is 0 Å². The van der Waals surface area contributed by atoms with Crippen molar-refractivity contribution in [3.8, 4) is 5.75 Å². The van der Waals surface area contributed by atoms with Crippen LogP contribution in [0.15, 0.2) is 59.4 Å². The average molecular weight is 420 g/mol. The number of H-pyrrole nitrogens is 1. The van der Waals surface area contributed by atoms with E-state index in [1.807, 2.05) is 24.3 Å². The zero-order valence-corrected chi connectivity index (χ0v) is 17.5. The molecule has 0 atom stereocenters. The number of nitrogens with zero attached hydrogens (tertiary/aromatic N) is 1. The highest BCUT2D eigenvalue weighted by atomic mass is 19.1. The molecule has 0 fully saturated rings. The number of benzene rings is 2. The van der Waals surface area contributed by atoms with E-state index in [2.05, 4.69) is 4.98 Å². The minimum Gasteiger partial charge on any atom is -0.497 e. The number of halogens is 1. The van der Waals surface area contributed by atoms with Crippen molar-refractivity contribution in [1.82, 2.24) is 9.88 Å². The smallest absolute Gasteiger partial charge is 0.261 e. The minimum atomic E-state index is -0.348. The van der Waals surface area contributed by atoms with Crippen LogP contribution in [-0.2, 0) is 25.8 Å². The summed E-state index contributed by atoms with van der Waals surface area (Å²) in [5.41, 5.74) is 3.66. The second-order valence-electron chi connectivity index (χ2n) is 7.82. The fourth-order valence-corrected chi connectivity index (χ4v) is 3.96. The number of methoxy groups -OCH3 is 1. The zero-order valence-electron chi connectivity index (χ0n) is 17.5. The molecule has 0 unspecified atom stereocenters. The van der Waals surface area contributed by atoms with E-state index in [-0.39, 0.29) is 22.8 Å². The Morgan fingerprint density at radius 1 is 1.06 bits per heavy atom. The van der Waals surface area contributed by atoms with Crippen molar-refractivity contribution in [2.45, 2.75) is 32.2 Å². The van der Waals surface area contributed by atoms with Crippen LogP contribution < -0.4 is 10.3 Å². The van der Waals surface area contributed by atoms with Gasteiger partial charge >= 0.3 is 0 Å². The summed E-state index contributed by atoms with van der Waals surface area (Å²) in [6.45, 7) is 0.727. The lowest BCUT2D eigenvalue weighted by molar-refractivity contribution is 0.0743. The normalized spacial score (nSPS) is 12.5. The summed E-state index contributed by atoms with van der Waals surface area (Å²) in [5, 5.41) is 0. The van der Waals surface area contributed by atoms with E-state index >= 15 is 0 Å². The van der Waals surface area contributed by atoms with Crippen LogP contribution in [0.4, 0.5) is 4.39 Å². The number of aryl methyl sites for hydroxylation is 2. The van der Waals surface area contributed by atoms with Crippen LogP contribution in [0, 0.1) is 5.82 Å². The number of aromatic amines is 1. The van der Waals surface area contributed by atoms with Gasteiger partial charge in [0.2, 0.25) is 0 Å². The molecule has 1 aliphatic carbocycles. The molecule has 0 aliphatic heterocycles.